The molecule has 1 saturated carbocycles. The SMILES string of the molecule is Brc1cc(Br)cc([C@@H](C2CCCC2)N2CCNCC2)c1.Cl.Cl. The molecule has 126 valence electrons. The van der Waals surface area contributed by atoms with E-state index in [9.17, 15) is 0 Å². The molecule has 6 heteroatoms. The summed E-state index contributed by atoms with van der Waals surface area (Å²) in [6, 6.07) is 7.35. The van der Waals surface area contributed by atoms with Crippen molar-refractivity contribution in [3.63, 3.8) is 0 Å². The molecule has 1 heterocycles. The fourth-order valence-electron chi connectivity index (χ4n) is 3.76. The number of piperazine rings is 1. The summed E-state index contributed by atoms with van der Waals surface area (Å²) in [5.74, 6) is 0.828. The van der Waals surface area contributed by atoms with E-state index in [-0.39, 0.29) is 24.8 Å². The second-order valence-electron chi connectivity index (χ2n) is 5.98. The van der Waals surface area contributed by atoms with Gasteiger partial charge in [0, 0.05) is 41.2 Å². The van der Waals surface area contributed by atoms with E-state index >= 15 is 0 Å². The van der Waals surface area contributed by atoms with Crippen LogP contribution in [0.3, 0.4) is 0 Å². The summed E-state index contributed by atoms with van der Waals surface area (Å²) in [7, 11) is 0. The Balaban J connectivity index is 0.00000121. The monoisotopic (exact) mass is 472 g/mol. The van der Waals surface area contributed by atoms with Crippen molar-refractivity contribution in [2.75, 3.05) is 26.2 Å². The molecule has 0 bridgehead atoms. The van der Waals surface area contributed by atoms with Crippen LogP contribution in [0.25, 0.3) is 0 Å². The van der Waals surface area contributed by atoms with Crippen LogP contribution in [0.15, 0.2) is 27.1 Å². The lowest BCUT2D eigenvalue weighted by Gasteiger charge is -2.38. The zero-order valence-corrected chi connectivity index (χ0v) is 17.4. The first kappa shape index (κ1) is 20.7. The van der Waals surface area contributed by atoms with Crippen molar-refractivity contribution in [3.8, 4) is 0 Å². The molecule has 1 N–H and O–H groups in total. The van der Waals surface area contributed by atoms with Crippen LogP contribution in [-0.4, -0.2) is 31.1 Å². The zero-order chi connectivity index (χ0) is 13.9. The van der Waals surface area contributed by atoms with Crippen molar-refractivity contribution in [2.24, 2.45) is 5.92 Å². The van der Waals surface area contributed by atoms with E-state index in [1.54, 1.807) is 0 Å². The smallest absolute Gasteiger partial charge is 0.0378 e. The van der Waals surface area contributed by atoms with Gasteiger partial charge < -0.3 is 5.32 Å². The lowest BCUT2D eigenvalue weighted by atomic mass is 9.90. The molecule has 1 saturated heterocycles. The van der Waals surface area contributed by atoms with Crippen LogP contribution < -0.4 is 5.32 Å². The van der Waals surface area contributed by atoms with Gasteiger partial charge in [-0.25, -0.2) is 0 Å². The van der Waals surface area contributed by atoms with Gasteiger partial charge in [0.05, 0.1) is 0 Å². The van der Waals surface area contributed by atoms with Gasteiger partial charge in [-0.2, -0.15) is 0 Å². The van der Waals surface area contributed by atoms with Gasteiger partial charge in [0.1, 0.15) is 0 Å². The van der Waals surface area contributed by atoms with Gasteiger partial charge in [-0.3, -0.25) is 4.90 Å². The van der Waals surface area contributed by atoms with Gasteiger partial charge >= 0.3 is 0 Å². The van der Waals surface area contributed by atoms with E-state index in [4.69, 9.17) is 0 Å². The Morgan fingerprint density at radius 1 is 0.955 bits per heavy atom. The maximum Gasteiger partial charge on any atom is 0.0378 e. The van der Waals surface area contributed by atoms with E-state index in [0.717, 1.165) is 19.0 Å². The molecule has 22 heavy (non-hydrogen) atoms. The molecular weight excluding hydrogens is 451 g/mol. The normalized spacial score (nSPS) is 21.0. The minimum Gasteiger partial charge on any atom is -0.314 e. The van der Waals surface area contributed by atoms with Gasteiger partial charge in [-0.1, -0.05) is 44.7 Å². The average Bonchev–Trinajstić information content (AvgIpc) is 2.93. The highest BCUT2D eigenvalue weighted by molar-refractivity contribution is 9.11. The predicted molar refractivity (Wildman–Crippen MR) is 105 cm³/mol. The summed E-state index contributed by atoms with van der Waals surface area (Å²) >= 11 is 7.31. The van der Waals surface area contributed by atoms with Crippen molar-refractivity contribution in [1.29, 1.82) is 0 Å². The molecule has 0 radical (unpaired) electrons. The predicted octanol–water partition coefficient (Wildman–Crippen LogP) is 5.19. The average molecular weight is 475 g/mol. The topological polar surface area (TPSA) is 15.3 Å². The highest BCUT2D eigenvalue weighted by Crippen LogP contribution is 2.41. The Morgan fingerprint density at radius 2 is 1.50 bits per heavy atom. The third-order valence-corrected chi connectivity index (χ3v) is 5.53. The third-order valence-electron chi connectivity index (χ3n) is 4.62. The van der Waals surface area contributed by atoms with Crippen LogP contribution >= 0.6 is 56.7 Å². The summed E-state index contributed by atoms with van der Waals surface area (Å²) < 4.78 is 2.36. The van der Waals surface area contributed by atoms with Gasteiger partial charge in [0.2, 0.25) is 0 Å². The summed E-state index contributed by atoms with van der Waals surface area (Å²) in [4.78, 5) is 2.70. The van der Waals surface area contributed by atoms with Crippen LogP contribution in [0, 0.1) is 5.92 Å². The van der Waals surface area contributed by atoms with E-state index in [0.29, 0.717) is 6.04 Å². The Morgan fingerprint density at radius 3 is 2.05 bits per heavy atom. The van der Waals surface area contributed by atoms with Crippen molar-refractivity contribution in [1.82, 2.24) is 10.2 Å². The lowest BCUT2D eigenvalue weighted by Crippen LogP contribution is -2.46. The number of hydrogen-bond acceptors (Lipinski definition) is 2. The molecule has 1 aliphatic carbocycles. The largest absolute Gasteiger partial charge is 0.314 e. The highest BCUT2D eigenvalue weighted by atomic mass is 79.9. The zero-order valence-electron chi connectivity index (χ0n) is 12.6. The Labute approximate surface area is 162 Å². The molecule has 0 spiro atoms. The molecule has 1 aromatic carbocycles. The maximum atomic E-state index is 3.65. The summed E-state index contributed by atoms with van der Waals surface area (Å²) in [5, 5.41) is 3.47. The Kier molecular flexibility index (Phi) is 9.28. The van der Waals surface area contributed by atoms with E-state index in [2.05, 4.69) is 60.3 Å². The molecule has 0 amide bonds. The molecule has 1 aromatic rings. The molecule has 1 aliphatic heterocycles. The van der Waals surface area contributed by atoms with Crippen LogP contribution in [0.2, 0.25) is 0 Å². The molecule has 2 nitrogen and oxygen atoms in total. The van der Waals surface area contributed by atoms with Gasteiger partial charge in [0.25, 0.3) is 0 Å². The molecule has 1 atom stereocenters. The summed E-state index contributed by atoms with van der Waals surface area (Å²) in [5.41, 5.74) is 1.47. The van der Waals surface area contributed by atoms with E-state index in [1.807, 2.05) is 0 Å². The molecule has 2 aliphatic rings. The number of nitrogens with zero attached hydrogens (tertiary/aromatic N) is 1. The van der Waals surface area contributed by atoms with Crippen LogP contribution in [0.5, 0.6) is 0 Å². The molecule has 2 fully saturated rings. The number of hydrogen-bond donors (Lipinski definition) is 1. The quantitative estimate of drug-likeness (QED) is 0.648. The van der Waals surface area contributed by atoms with E-state index < -0.39 is 0 Å². The Bertz CT molecular complexity index is 441. The van der Waals surface area contributed by atoms with Crippen LogP contribution in [0.4, 0.5) is 0 Å². The molecule has 0 unspecified atom stereocenters. The second-order valence-corrected chi connectivity index (χ2v) is 7.81. The lowest BCUT2D eigenvalue weighted by molar-refractivity contribution is 0.125. The van der Waals surface area contributed by atoms with Crippen molar-refractivity contribution in [2.45, 2.75) is 31.7 Å². The standard InChI is InChI=1S/C16H22Br2N2.2ClH/c17-14-9-13(10-15(18)11-14)16(12-3-1-2-4-12)20-7-5-19-6-8-20;;/h9-12,16,19H,1-8H2;2*1H/t16-;;/m1../s1. The minimum absolute atomic E-state index is 0. The summed E-state index contributed by atoms with van der Waals surface area (Å²) in [6.07, 6.45) is 5.59. The van der Waals surface area contributed by atoms with Crippen molar-refractivity contribution in [3.05, 3.63) is 32.7 Å². The number of rotatable bonds is 3. The minimum atomic E-state index is 0. The van der Waals surface area contributed by atoms with Gasteiger partial charge in [0.15, 0.2) is 0 Å². The number of nitrogens with one attached hydrogen (secondary N) is 1. The first-order valence-electron chi connectivity index (χ1n) is 7.65. The molecular formula is C16H24Br2Cl2N2. The third kappa shape index (κ3) is 5.09. The second kappa shape index (κ2) is 9.85. The summed E-state index contributed by atoms with van der Waals surface area (Å²) in [6.45, 7) is 4.59. The fourth-order valence-corrected chi connectivity index (χ4v) is 5.09. The maximum absolute atomic E-state index is 3.65. The fraction of sp³-hybridized carbons (Fsp3) is 0.625. The highest BCUT2D eigenvalue weighted by Gasteiger charge is 2.32. The molecule has 0 aromatic heterocycles. The van der Waals surface area contributed by atoms with E-state index in [1.165, 1.54) is 53.3 Å². The van der Waals surface area contributed by atoms with Gasteiger partial charge in [-0.05, 0) is 42.5 Å². The first-order chi connectivity index (χ1) is 9.74. The Hall–Kier alpha value is 0.680. The van der Waals surface area contributed by atoms with Crippen molar-refractivity contribution < 1.29 is 0 Å². The van der Waals surface area contributed by atoms with Gasteiger partial charge in [-0.15, -0.1) is 24.8 Å². The first-order valence-corrected chi connectivity index (χ1v) is 9.23. The van der Waals surface area contributed by atoms with Crippen molar-refractivity contribution >= 4 is 56.7 Å². The molecule has 3 rings (SSSR count). The number of benzene rings is 1. The van der Waals surface area contributed by atoms with Crippen LogP contribution in [0.1, 0.15) is 37.3 Å². The van der Waals surface area contributed by atoms with Crippen LogP contribution in [-0.2, 0) is 0 Å². The number of halogens is 4.